The zero-order chi connectivity index (χ0) is 9.97. The predicted molar refractivity (Wildman–Crippen MR) is 52.9 cm³/mol. The van der Waals surface area contributed by atoms with E-state index < -0.39 is 0 Å². The monoisotopic (exact) mass is 196 g/mol. The summed E-state index contributed by atoms with van der Waals surface area (Å²) >= 11 is 0. The lowest BCUT2D eigenvalue weighted by molar-refractivity contribution is 0.161. The number of furan rings is 1. The maximum absolute atomic E-state index is 9.52. The summed E-state index contributed by atoms with van der Waals surface area (Å²) in [6.45, 7) is 4.10. The van der Waals surface area contributed by atoms with Crippen LogP contribution >= 0.6 is 0 Å². The maximum Gasteiger partial charge on any atom is 0.117 e. The Morgan fingerprint density at radius 1 is 1.57 bits per heavy atom. The highest BCUT2D eigenvalue weighted by Crippen LogP contribution is 2.07. The molecule has 2 atom stereocenters. The van der Waals surface area contributed by atoms with Gasteiger partial charge in [-0.15, -0.1) is 0 Å². The molecular weight excluding hydrogens is 180 g/mol. The molecule has 0 unspecified atom stereocenters. The van der Waals surface area contributed by atoms with Gasteiger partial charge in [-0.05, 0) is 19.1 Å². The Morgan fingerprint density at radius 2 is 2.43 bits per heavy atom. The van der Waals surface area contributed by atoms with E-state index in [0.29, 0.717) is 13.1 Å². The van der Waals surface area contributed by atoms with Crippen molar-refractivity contribution in [2.75, 3.05) is 13.1 Å². The Balaban J connectivity index is 1.82. The first-order chi connectivity index (χ1) is 6.75. The van der Waals surface area contributed by atoms with E-state index in [0.717, 1.165) is 18.1 Å². The van der Waals surface area contributed by atoms with Gasteiger partial charge in [-0.25, -0.2) is 0 Å². The van der Waals surface area contributed by atoms with Crippen molar-refractivity contribution in [1.82, 2.24) is 10.6 Å². The molecule has 1 saturated heterocycles. The van der Waals surface area contributed by atoms with Gasteiger partial charge < -0.3 is 20.2 Å². The van der Waals surface area contributed by atoms with Gasteiger partial charge in [0.2, 0.25) is 0 Å². The van der Waals surface area contributed by atoms with Crippen molar-refractivity contribution in [2.45, 2.75) is 25.6 Å². The molecule has 78 valence electrons. The molecule has 4 nitrogen and oxygen atoms in total. The molecule has 0 aliphatic carbocycles. The largest absolute Gasteiger partial charge is 0.465 e. The molecule has 1 aliphatic rings. The second-order valence-electron chi connectivity index (χ2n) is 3.73. The number of aliphatic hydroxyl groups is 1. The summed E-state index contributed by atoms with van der Waals surface area (Å²) in [6, 6.07) is 4.04. The highest BCUT2D eigenvalue weighted by atomic mass is 16.3. The van der Waals surface area contributed by atoms with Crippen LogP contribution in [0.4, 0.5) is 0 Å². The molecule has 1 fully saturated rings. The van der Waals surface area contributed by atoms with Crippen molar-refractivity contribution in [3.8, 4) is 0 Å². The highest BCUT2D eigenvalue weighted by molar-refractivity contribution is 5.05. The van der Waals surface area contributed by atoms with Crippen LogP contribution in [0.15, 0.2) is 16.5 Å². The smallest absolute Gasteiger partial charge is 0.117 e. The molecule has 0 spiro atoms. The molecule has 1 aliphatic heterocycles. The maximum atomic E-state index is 9.52. The van der Waals surface area contributed by atoms with Crippen LogP contribution < -0.4 is 10.6 Å². The van der Waals surface area contributed by atoms with Crippen LogP contribution in [0.25, 0.3) is 0 Å². The molecule has 2 rings (SSSR count). The first-order valence-corrected chi connectivity index (χ1v) is 4.93. The van der Waals surface area contributed by atoms with E-state index in [2.05, 4.69) is 10.6 Å². The van der Waals surface area contributed by atoms with Crippen LogP contribution in [0.5, 0.6) is 0 Å². The average Bonchev–Trinajstić information content (AvgIpc) is 2.72. The SMILES string of the molecule is Cc1ccc(CN[C@@H]2CNC[C@H]2O)o1. The van der Waals surface area contributed by atoms with Gasteiger partial charge in [0.1, 0.15) is 11.5 Å². The number of aliphatic hydroxyl groups excluding tert-OH is 1. The zero-order valence-electron chi connectivity index (χ0n) is 8.29. The number of β-amino-alcohol motifs (C(OH)–C–C–N with tert-alkyl or cyclic N) is 1. The van der Waals surface area contributed by atoms with Crippen LogP contribution in [0, 0.1) is 6.92 Å². The van der Waals surface area contributed by atoms with Gasteiger partial charge in [0, 0.05) is 19.1 Å². The van der Waals surface area contributed by atoms with E-state index in [-0.39, 0.29) is 12.1 Å². The van der Waals surface area contributed by atoms with E-state index in [1.54, 1.807) is 0 Å². The van der Waals surface area contributed by atoms with Crippen LogP contribution in [0.3, 0.4) is 0 Å². The van der Waals surface area contributed by atoms with Gasteiger partial charge in [-0.1, -0.05) is 0 Å². The first kappa shape index (κ1) is 9.71. The summed E-state index contributed by atoms with van der Waals surface area (Å²) in [6.07, 6.45) is -0.286. The fourth-order valence-electron chi connectivity index (χ4n) is 1.69. The second kappa shape index (κ2) is 4.13. The minimum absolute atomic E-state index is 0.139. The Kier molecular flexibility index (Phi) is 2.86. The van der Waals surface area contributed by atoms with E-state index in [4.69, 9.17) is 4.42 Å². The Hall–Kier alpha value is -0.840. The first-order valence-electron chi connectivity index (χ1n) is 4.93. The molecule has 1 aromatic heterocycles. The van der Waals surface area contributed by atoms with Crippen LogP contribution in [-0.2, 0) is 6.54 Å². The van der Waals surface area contributed by atoms with Gasteiger partial charge in [0.25, 0.3) is 0 Å². The Bertz CT molecular complexity index is 298. The molecule has 2 heterocycles. The summed E-state index contributed by atoms with van der Waals surface area (Å²) < 4.78 is 5.41. The van der Waals surface area contributed by atoms with Crippen molar-refractivity contribution in [1.29, 1.82) is 0 Å². The molecule has 4 heteroatoms. The summed E-state index contributed by atoms with van der Waals surface area (Å²) in [7, 11) is 0. The highest BCUT2D eigenvalue weighted by Gasteiger charge is 2.24. The molecule has 0 saturated carbocycles. The van der Waals surface area contributed by atoms with Crippen molar-refractivity contribution >= 4 is 0 Å². The third kappa shape index (κ3) is 2.15. The summed E-state index contributed by atoms with van der Waals surface area (Å²) in [5.74, 6) is 1.84. The fraction of sp³-hybridized carbons (Fsp3) is 0.600. The normalized spacial score (nSPS) is 27.0. The molecule has 1 aromatic rings. The minimum atomic E-state index is -0.286. The molecule has 3 N–H and O–H groups in total. The second-order valence-corrected chi connectivity index (χ2v) is 3.73. The Morgan fingerprint density at radius 3 is 3.00 bits per heavy atom. The van der Waals surface area contributed by atoms with Crippen molar-refractivity contribution in [2.24, 2.45) is 0 Å². The molecule has 0 radical (unpaired) electrons. The minimum Gasteiger partial charge on any atom is -0.465 e. The lowest BCUT2D eigenvalue weighted by atomic mass is 10.2. The summed E-state index contributed by atoms with van der Waals surface area (Å²) in [4.78, 5) is 0. The van der Waals surface area contributed by atoms with Crippen molar-refractivity contribution in [3.63, 3.8) is 0 Å². The van der Waals surface area contributed by atoms with Crippen LogP contribution in [-0.4, -0.2) is 30.3 Å². The number of hydrogen-bond donors (Lipinski definition) is 3. The average molecular weight is 196 g/mol. The molecule has 0 aromatic carbocycles. The van der Waals surface area contributed by atoms with Gasteiger partial charge >= 0.3 is 0 Å². The summed E-state index contributed by atoms with van der Waals surface area (Å²) in [5, 5.41) is 15.9. The number of aryl methyl sites for hydroxylation is 1. The number of rotatable bonds is 3. The van der Waals surface area contributed by atoms with Gasteiger partial charge in [0.05, 0.1) is 12.6 Å². The van der Waals surface area contributed by atoms with Gasteiger partial charge in [-0.3, -0.25) is 0 Å². The lowest BCUT2D eigenvalue weighted by Gasteiger charge is -2.13. The van der Waals surface area contributed by atoms with E-state index >= 15 is 0 Å². The lowest BCUT2D eigenvalue weighted by Crippen LogP contribution is -2.38. The van der Waals surface area contributed by atoms with Crippen LogP contribution in [0.2, 0.25) is 0 Å². The van der Waals surface area contributed by atoms with Crippen molar-refractivity contribution < 1.29 is 9.52 Å². The third-order valence-corrected chi connectivity index (χ3v) is 2.52. The molecule has 14 heavy (non-hydrogen) atoms. The zero-order valence-corrected chi connectivity index (χ0v) is 8.29. The van der Waals surface area contributed by atoms with E-state index in [1.807, 2.05) is 19.1 Å². The van der Waals surface area contributed by atoms with Crippen LogP contribution in [0.1, 0.15) is 11.5 Å². The van der Waals surface area contributed by atoms with Crippen molar-refractivity contribution in [3.05, 3.63) is 23.7 Å². The number of hydrogen-bond acceptors (Lipinski definition) is 4. The Labute approximate surface area is 83.3 Å². The number of nitrogens with one attached hydrogen (secondary N) is 2. The van der Waals surface area contributed by atoms with E-state index in [9.17, 15) is 5.11 Å². The quantitative estimate of drug-likeness (QED) is 0.637. The molecule has 0 amide bonds. The summed E-state index contributed by atoms with van der Waals surface area (Å²) in [5.41, 5.74) is 0. The van der Waals surface area contributed by atoms with Gasteiger partial charge in [-0.2, -0.15) is 0 Å². The van der Waals surface area contributed by atoms with E-state index in [1.165, 1.54) is 0 Å². The topological polar surface area (TPSA) is 57.4 Å². The molecular formula is C10H16N2O2. The predicted octanol–water partition coefficient (Wildman–Crippen LogP) is 0.0103. The standard InChI is InChI=1S/C10H16N2O2/c1-7-2-3-8(14-7)4-12-9-5-11-6-10(9)13/h2-3,9-13H,4-6H2,1H3/t9-,10-/m1/s1. The third-order valence-electron chi connectivity index (χ3n) is 2.52. The van der Waals surface area contributed by atoms with Gasteiger partial charge in [0.15, 0.2) is 0 Å². The molecule has 0 bridgehead atoms. The fourth-order valence-corrected chi connectivity index (χ4v) is 1.69.